The summed E-state index contributed by atoms with van der Waals surface area (Å²) in [5, 5.41) is 10.9. The van der Waals surface area contributed by atoms with E-state index in [1.54, 1.807) is 12.1 Å². The Balaban J connectivity index is 2.27. The number of nitro groups is 1. The Kier molecular flexibility index (Phi) is 3.73. The molecule has 1 aliphatic rings. The van der Waals surface area contributed by atoms with Crippen molar-refractivity contribution in [2.24, 2.45) is 5.84 Å². The maximum Gasteiger partial charge on any atom is 0.269 e. The second-order valence-electron chi connectivity index (χ2n) is 5.58. The minimum atomic E-state index is -0.376. The average Bonchev–Trinajstić information content (AvgIpc) is 2.68. The minimum Gasteiger partial charge on any atom is -0.324 e. The molecule has 1 saturated heterocycles. The Bertz CT molecular complexity index is 488. The van der Waals surface area contributed by atoms with Crippen LogP contribution in [0.25, 0.3) is 0 Å². The highest BCUT2D eigenvalue weighted by Gasteiger charge is 2.32. The standard InChI is InChI=1S/C13H20N4O2/c1-13(2)6-3-7-16(13)9-10-8-11(17(18)19)4-5-12(10)15-14/h4-5,8,15H,3,6-7,9,14H2,1-2H3. The van der Waals surface area contributed by atoms with Crippen LogP contribution in [0, 0.1) is 10.1 Å². The van der Waals surface area contributed by atoms with Crippen LogP contribution in [-0.2, 0) is 6.54 Å². The molecule has 104 valence electrons. The topological polar surface area (TPSA) is 84.4 Å². The summed E-state index contributed by atoms with van der Waals surface area (Å²) in [6.45, 7) is 6.09. The molecule has 3 N–H and O–H groups in total. The maximum absolute atomic E-state index is 10.9. The Labute approximate surface area is 112 Å². The van der Waals surface area contributed by atoms with Crippen LogP contribution in [0.1, 0.15) is 32.3 Å². The van der Waals surface area contributed by atoms with Gasteiger partial charge < -0.3 is 5.43 Å². The molecule has 0 atom stereocenters. The molecule has 6 nitrogen and oxygen atoms in total. The van der Waals surface area contributed by atoms with E-state index in [2.05, 4.69) is 24.2 Å². The van der Waals surface area contributed by atoms with Crippen LogP contribution in [0.3, 0.4) is 0 Å². The molecule has 1 aromatic carbocycles. The molecule has 19 heavy (non-hydrogen) atoms. The molecule has 1 heterocycles. The molecule has 0 aromatic heterocycles. The zero-order chi connectivity index (χ0) is 14.0. The summed E-state index contributed by atoms with van der Waals surface area (Å²) < 4.78 is 0. The van der Waals surface area contributed by atoms with E-state index in [9.17, 15) is 10.1 Å². The van der Waals surface area contributed by atoms with Crippen molar-refractivity contribution in [2.75, 3.05) is 12.0 Å². The lowest BCUT2D eigenvalue weighted by molar-refractivity contribution is -0.384. The number of nitrogens with two attached hydrogens (primary N) is 1. The Hall–Kier alpha value is -1.66. The number of nitrogen functional groups attached to an aromatic ring is 1. The monoisotopic (exact) mass is 264 g/mol. The first kappa shape index (κ1) is 13.8. The highest BCUT2D eigenvalue weighted by atomic mass is 16.6. The van der Waals surface area contributed by atoms with E-state index in [-0.39, 0.29) is 16.1 Å². The van der Waals surface area contributed by atoms with Crippen LogP contribution >= 0.6 is 0 Å². The van der Waals surface area contributed by atoms with Crippen LogP contribution in [-0.4, -0.2) is 21.9 Å². The SMILES string of the molecule is CC1(C)CCCN1Cc1cc([N+](=O)[O-])ccc1NN. The predicted molar refractivity (Wildman–Crippen MR) is 74.6 cm³/mol. The number of likely N-dealkylation sites (tertiary alicyclic amines) is 1. The van der Waals surface area contributed by atoms with Gasteiger partial charge in [-0.1, -0.05) is 0 Å². The second kappa shape index (κ2) is 5.14. The lowest BCUT2D eigenvalue weighted by Crippen LogP contribution is -2.37. The van der Waals surface area contributed by atoms with Gasteiger partial charge in [-0.05, 0) is 44.9 Å². The van der Waals surface area contributed by atoms with E-state index in [1.165, 1.54) is 6.07 Å². The molecule has 1 aliphatic heterocycles. The van der Waals surface area contributed by atoms with Crippen molar-refractivity contribution in [3.8, 4) is 0 Å². The predicted octanol–water partition coefficient (Wildman–Crippen LogP) is 2.25. The zero-order valence-electron chi connectivity index (χ0n) is 11.3. The third-order valence-electron chi connectivity index (χ3n) is 3.89. The van der Waals surface area contributed by atoms with Gasteiger partial charge in [-0.25, -0.2) is 0 Å². The number of rotatable bonds is 4. The van der Waals surface area contributed by atoms with Crippen molar-refractivity contribution in [3.63, 3.8) is 0 Å². The van der Waals surface area contributed by atoms with Gasteiger partial charge in [0, 0.05) is 24.2 Å². The van der Waals surface area contributed by atoms with Crippen LogP contribution in [0.2, 0.25) is 0 Å². The fraction of sp³-hybridized carbons (Fsp3) is 0.538. The first-order chi connectivity index (χ1) is 8.94. The summed E-state index contributed by atoms with van der Waals surface area (Å²) in [4.78, 5) is 12.8. The van der Waals surface area contributed by atoms with Gasteiger partial charge >= 0.3 is 0 Å². The molecule has 0 saturated carbocycles. The summed E-state index contributed by atoms with van der Waals surface area (Å²) >= 11 is 0. The number of non-ortho nitro benzene ring substituents is 1. The molecule has 6 heteroatoms. The lowest BCUT2D eigenvalue weighted by atomic mass is 10.0. The summed E-state index contributed by atoms with van der Waals surface area (Å²) in [7, 11) is 0. The van der Waals surface area contributed by atoms with Gasteiger partial charge in [0.05, 0.1) is 10.6 Å². The zero-order valence-corrected chi connectivity index (χ0v) is 11.3. The highest BCUT2D eigenvalue weighted by Crippen LogP contribution is 2.32. The molecule has 0 aliphatic carbocycles. The summed E-state index contributed by atoms with van der Waals surface area (Å²) in [5.41, 5.74) is 4.46. The summed E-state index contributed by atoms with van der Waals surface area (Å²) in [5.74, 6) is 5.48. The number of hydrazine groups is 1. The summed E-state index contributed by atoms with van der Waals surface area (Å²) in [6.07, 6.45) is 2.31. The van der Waals surface area contributed by atoms with Gasteiger partial charge in [0.15, 0.2) is 0 Å². The average molecular weight is 264 g/mol. The third kappa shape index (κ3) is 2.85. The molecule has 0 radical (unpaired) electrons. The van der Waals surface area contributed by atoms with Crippen molar-refractivity contribution in [1.29, 1.82) is 0 Å². The second-order valence-corrected chi connectivity index (χ2v) is 5.58. The minimum absolute atomic E-state index is 0.103. The fourth-order valence-electron chi connectivity index (χ4n) is 2.63. The van der Waals surface area contributed by atoms with Gasteiger partial charge in [-0.2, -0.15) is 0 Å². The van der Waals surface area contributed by atoms with Crippen LogP contribution in [0.15, 0.2) is 18.2 Å². The molecular weight excluding hydrogens is 244 g/mol. The van der Waals surface area contributed by atoms with E-state index in [0.717, 1.165) is 30.6 Å². The number of nitrogens with zero attached hydrogens (tertiary/aromatic N) is 2. The number of nitrogens with one attached hydrogen (secondary N) is 1. The number of nitro benzene ring substituents is 1. The molecule has 1 fully saturated rings. The molecule has 1 aromatic rings. The summed E-state index contributed by atoms with van der Waals surface area (Å²) in [6, 6.07) is 4.73. The number of anilines is 1. The molecule has 0 unspecified atom stereocenters. The lowest BCUT2D eigenvalue weighted by Gasteiger charge is -2.32. The van der Waals surface area contributed by atoms with Crippen molar-refractivity contribution in [3.05, 3.63) is 33.9 Å². The third-order valence-corrected chi connectivity index (χ3v) is 3.89. The van der Waals surface area contributed by atoms with Crippen molar-refractivity contribution in [1.82, 2.24) is 4.90 Å². The van der Waals surface area contributed by atoms with E-state index in [0.29, 0.717) is 6.54 Å². The molecule has 0 bridgehead atoms. The number of benzene rings is 1. The Morgan fingerprint density at radius 3 is 2.79 bits per heavy atom. The molecule has 0 amide bonds. The van der Waals surface area contributed by atoms with Crippen LogP contribution in [0.5, 0.6) is 0 Å². The van der Waals surface area contributed by atoms with Crippen LogP contribution < -0.4 is 11.3 Å². The van der Waals surface area contributed by atoms with E-state index in [4.69, 9.17) is 5.84 Å². The van der Waals surface area contributed by atoms with Gasteiger partial charge in [-0.15, -0.1) is 0 Å². The smallest absolute Gasteiger partial charge is 0.269 e. The number of hydrogen-bond acceptors (Lipinski definition) is 5. The highest BCUT2D eigenvalue weighted by molar-refractivity contribution is 5.55. The Morgan fingerprint density at radius 2 is 2.26 bits per heavy atom. The molecule has 0 spiro atoms. The van der Waals surface area contributed by atoms with Crippen molar-refractivity contribution >= 4 is 11.4 Å². The van der Waals surface area contributed by atoms with E-state index in [1.807, 2.05) is 0 Å². The van der Waals surface area contributed by atoms with E-state index < -0.39 is 0 Å². The van der Waals surface area contributed by atoms with E-state index >= 15 is 0 Å². The van der Waals surface area contributed by atoms with Gasteiger partial charge in [-0.3, -0.25) is 20.9 Å². The first-order valence-electron chi connectivity index (χ1n) is 6.43. The van der Waals surface area contributed by atoms with Gasteiger partial charge in [0.1, 0.15) is 0 Å². The Morgan fingerprint density at radius 1 is 1.53 bits per heavy atom. The van der Waals surface area contributed by atoms with Gasteiger partial charge in [0.25, 0.3) is 5.69 Å². The van der Waals surface area contributed by atoms with Crippen molar-refractivity contribution in [2.45, 2.75) is 38.8 Å². The fourth-order valence-corrected chi connectivity index (χ4v) is 2.63. The van der Waals surface area contributed by atoms with Crippen molar-refractivity contribution < 1.29 is 4.92 Å². The maximum atomic E-state index is 10.9. The molecule has 2 rings (SSSR count). The van der Waals surface area contributed by atoms with Crippen LogP contribution in [0.4, 0.5) is 11.4 Å². The quantitative estimate of drug-likeness (QED) is 0.495. The molecular formula is C13H20N4O2. The largest absolute Gasteiger partial charge is 0.324 e. The first-order valence-corrected chi connectivity index (χ1v) is 6.43. The normalized spacial score (nSPS) is 18.5. The number of hydrogen-bond donors (Lipinski definition) is 2. The van der Waals surface area contributed by atoms with Gasteiger partial charge in [0.2, 0.25) is 0 Å².